The summed E-state index contributed by atoms with van der Waals surface area (Å²) >= 11 is 0. The molecule has 160 valence electrons. The van der Waals surface area contributed by atoms with Crippen molar-refractivity contribution in [3.05, 3.63) is 48.0 Å². The molecule has 4 aliphatic rings. The highest BCUT2D eigenvalue weighted by Crippen LogP contribution is 2.52. The third kappa shape index (κ3) is 3.26. The highest BCUT2D eigenvalue weighted by Gasteiger charge is 2.59. The van der Waals surface area contributed by atoms with Gasteiger partial charge in [-0.3, -0.25) is 33.8 Å². The second kappa shape index (κ2) is 7.44. The van der Waals surface area contributed by atoms with Crippen LogP contribution in [0.3, 0.4) is 0 Å². The largest absolute Gasteiger partial charge is 0.322 e. The highest BCUT2D eigenvalue weighted by molar-refractivity contribution is 6.09. The van der Waals surface area contributed by atoms with E-state index in [1.54, 1.807) is 0 Å². The molecule has 5 amide bonds. The number of amides is 5. The van der Waals surface area contributed by atoms with Crippen molar-refractivity contribution in [2.45, 2.75) is 12.8 Å². The Bertz CT molecular complexity index is 956. The lowest BCUT2D eigenvalue weighted by atomic mass is 9.85. The first-order valence-electron chi connectivity index (χ1n) is 10.6. The second-order valence-electron chi connectivity index (χ2n) is 8.69. The van der Waals surface area contributed by atoms with Crippen LogP contribution in [0.1, 0.15) is 12.0 Å². The first-order valence-corrected chi connectivity index (χ1v) is 10.6. The molecule has 0 unspecified atom stereocenters. The molecule has 2 aliphatic carbocycles. The molecule has 2 bridgehead atoms. The summed E-state index contributed by atoms with van der Waals surface area (Å²) in [6, 6.07) is 9.54. The Labute approximate surface area is 179 Å². The number of nitrogens with zero attached hydrogens (tertiary/aromatic N) is 3. The molecular weight excluding hydrogens is 398 g/mol. The summed E-state index contributed by atoms with van der Waals surface area (Å²) in [6.45, 7) is -0.606. The fourth-order valence-corrected chi connectivity index (χ4v) is 5.36. The van der Waals surface area contributed by atoms with Gasteiger partial charge in [0, 0.05) is 6.54 Å². The monoisotopic (exact) mass is 421 g/mol. The normalized spacial score (nSPS) is 29.4. The van der Waals surface area contributed by atoms with Crippen LogP contribution in [0.5, 0.6) is 0 Å². The number of benzene rings is 1. The molecule has 2 heterocycles. The Kier molecular flexibility index (Phi) is 4.72. The lowest BCUT2D eigenvalue weighted by molar-refractivity contribution is -0.157. The van der Waals surface area contributed by atoms with Crippen molar-refractivity contribution in [3.8, 4) is 0 Å². The van der Waals surface area contributed by atoms with Gasteiger partial charge in [0.15, 0.2) is 0 Å². The summed E-state index contributed by atoms with van der Waals surface area (Å²) in [5.41, 5.74) is 1.02. The molecule has 4 atom stereocenters. The third-order valence-electron chi connectivity index (χ3n) is 6.93. The van der Waals surface area contributed by atoms with Crippen molar-refractivity contribution in [2.24, 2.45) is 23.7 Å². The predicted molar refractivity (Wildman–Crippen MR) is 108 cm³/mol. The minimum absolute atomic E-state index is 0.0721. The third-order valence-corrected chi connectivity index (χ3v) is 6.93. The van der Waals surface area contributed by atoms with E-state index < -0.39 is 24.3 Å². The van der Waals surface area contributed by atoms with Crippen LogP contribution in [-0.2, 0) is 30.4 Å². The second-order valence-corrected chi connectivity index (χ2v) is 8.69. The van der Waals surface area contributed by atoms with Crippen LogP contribution in [-0.4, -0.2) is 70.4 Å². The van der Waals surface area contributed by atoms with Gasteiger partial charge in [0.2, 0.25) is 29.5 Å². The number of hydrogen-bond acceptors (Lipinski definition) is 5. The summed E-state index contributed by atoms with van der Waals surface area (Å²) in [4.78, 5) is 66.7. The maximum Gasteiger partial charge on any atom is 0.248 e. The molecule has 0 spiro atoms. The lowest BCUT2D eigenvalue weighted by Crippen LogP contribution is -2.57. The zero-order valence-corrected chi connectivity index (χ0v) is 17.0. The summed E-state index contributed by atoms with van der Waals surface area (Å²) in [5.74, 6) is -2.64. The number of hydrogen-bond donors (Lipinski definition) is 0. The summed E-state index contributed by atoms with van der Waals surface area (Å²) in [6.07, 6.45) is 5.35. The van der Waals surface area contributed by atoms with Gasteiger partial charge in [-0.2, -0.15) is 0 Å². The smallest absolute Gasteiger partial charge is 0.248 e. The molecule has 0 radical (unpaired) electrons. The van der Waals surface area contributed by atoms with Crippen LogP contribution in [0.25, 0.3) is 0 Å². The number of carbonyl (C=O) groups excluding carboxylic acids is 5. The zero-order chi connectivity index (χ0) is 21.7. The Morgan fingerprint density at radius 1 is 0.839 bits per heavy atom. The number of carbonyl (C=O) groups is 5. The molecule has 2 aliphatic heterocycles. The van der Waals surface area contributed by atoms with Gasteiger partial charge in [0.1, 0.15) is 19.6 Å². The van der Waals surface area contributed by atoms with Crippen molar-refractivity contribution >= 4 is 29.5 Å². The van der Waals surface area contributed by atoms with Crippen molar-refractivity contribution in [2.75, 3.05) is 26.2 Å². The number of fused-ring (bicyclic) bond motifs is 5. The predicted octanol–water partition coefficient (Wildman–Crippen LogP) is 0.234. The fraction of sp³-hybridized carbons (Fsp3) is 0.435. The van der Waals surface area contributed by atoms with E-state index in [1.165, 1.54) is 4.90 Å². The molecule has 1 aromatic rings. The van der Waals surface area contributed by atoms with E-state index in [0.29, 0.717) is 6.42 Å². The standard InChI is InChI=1S/C23H23N3O5/c27-17(13-26-22(30)20-15-6-7-16(10-15)21(20)23(26)31)24-11-18(28)25(19(29)12-24)9-8-14-4-2-1-3-5-14/h1-7,15-16,20-21H,8-13H2/t15-,16-,20-,21-/m0/s1. The van der Waals surface area contributed by atoms with Crippen LogP contribution < -0.4 is 0 Å². The quantitative estimate of drug-likeness (QED) is 0.501. The molecule has 1 aromatic carbocycles. The number of rotatable bonds is 5. The molecule has 8 nitrogen and oxygen atoms in total. The first-order chi connectivity index (χ1) is 14.9. The number of piperazine rings is 1. The van der Waals surface area contributed by atoms with Gasteiger partial charge in [-0.1, -0.05) is 42.5 Å². The van der Waals surface area contributed by atoms with Crippen LogP contribution in [0.4, 0.5) is 0 Å². The highest BCUT2D eigenvalue weighted by atomic mass is 16.2. The minimum atomic E-state index is -0.550. The first kappa shape index (κ1) is 19.7. The van der Waals surface area contributed by atoms with Gasteiger partial charge in [-0.25, -0.2) is 0 Å². The maximum absolute atomic E-state index is 12.8. The molecule has 2 saturated heterocycles. The Morgan fingerprint density at radius 2 is 1.42 bits per heavy atom. The number of allylic oxidation sites excluding steroid dienone is 2. The molecule has 8 heteroatoms. The Morgan fingerprint density at radius 3 is 2.00 bits per heavy atom. The zero-order valence-electron chi connectivity index (χ0n) is 17.0. The molecule has 0 aromatic heterocycles. The number of likely N-dealkylation sites (tertiary alicyclic amines) is 1. The number of imide groups is 2. The van der Waals surface area contributed by atoms with E-state index in [2.05, 4.69) is 0 Å². The van der Waals surface area contributed by atoms with E-state index in [0.717, 1.165) is 21.8 Å². The van der Waals surface area contributed by atoms with Crippen LogP contribution in [0.15, 0.2) is 42.5 Å². The van der Waals surface area contributed by atoms with Crippen molar-refractivity contribution in [1.29, 1.82) is 0 Å². The summed E-state index contributed by atoms with van der Waals surface area (Å²) in [7, 11) is 0. The average molecular weight is 421 g/mol. The van der Waals surface area contributed by atoms with E-state index >= 15 is 0 Å². The van der Waals surface area contributed by atoms with Crippen molar-refractivity contribution in [1.82, 2.24) is 14.7 Å². The van der Waals surface area contributed by atoms with Gasteiger partial charge in [-0.15, -0.1) is 0 Å². The summed E-state index contributed by atoms with van der Waals surface area (Å²) in [5, 5.41) is 0. The van der Waals surface area contributed by atoms with E-state index in [4.69, 9.17) is 0 Å². The minimum Gasteiger partial charge on any atom is -0.322 e. The SMILES string of the molecule is O=C(CN1C(=O)[C@@H]2[C@@H](C1=O)[C@H]1C=C[C@H]2C1)N1CC(=O)N(CCc2ccccc2)C(=O)C1. The van der Waals surface area contributed by atoms with Crippen LogP contribution >= 0.6 is 0 Å². The van der Waals surface area contributed by atoms with Gasteiger partial charge in [0.05, 0.1) is 11.8 Å². The molecule has 0 N–H and O–H groups in total. The molecule has 31 heavy (non-hydrogen) atoms. The van der Waals surface area contributed by atoms with E-state index in [1.807, 2.05) is 42.5 Å². The van der Waals surface area contributed by atoms with Crippen molar-refractivity contribution in [3.63, 3.8) is 0 Å². The van der Waals surface area contributed by atoms with Crippen LogP contribution in [0, 0.1) is 23.7 Å². The maximum atomic E-state index is 12.8. The Balaban J connectivity index is 1.20. The molecule has 5 rings (SSSR count). The average Bonchev–Trinajstić information content (AvgIpc) is 3.44. The summed E-state index contributed by atoms with van der Waals surface area (Å²) < 4.78 is 0. The fourth-order valence-electron chi connectivity index (χ4n) is 5.36. The topological polar surface area (TPSA) is 95.1 Å². The van der Waals surface area contributed by atoms with Gasteiger partial charge >= 0.3 is 0 Å². The van der Waals surface area contributed by atoms with Gasteiger partial charge in [-0.05, 0) is 30.2 Å². The molecular formula is C23H23N3O5. The van der Waals surface area contributed by atoms with Crippen LogP contribution in [0.2, 0.25) is 0 Å². The van der Waals surface area contributed by atoms with E-state index in [-0.39, 0.29) is 55.1 Å². The molecule has 1 saturated carbocycles. The lowest BCUT2D eigenvalue weighted by Gasteiger charge is -2.33. The van der Waals surface area contributed by atoms with Crippen molar-refractivity contribution < 1.29 is 24.0 Å². The Hall–Kier alpha value is -3.29. The molecule has 3 fully saturated rings. The van der Waals surface area contributed by atoms with Gasteiger partial charge in [0.25, 0.3) is 0 Å². The van der Waals surface area contributed by atoms with Gasteiger partial charge < -0.3 is 4.90 Å². The van der Waals surface area contributed by atoms with E-state index in [9.17, 15) is 24.0 Å².